The summed E-state index contributed by atoms with van der Waals surface area (Å²) in [5.41, 5.74) is 5.40. The van der Waals surface area contributed by atoms with Gasteiger partial charge in [-0.15, -0.1) is 0 Å². The Morgan fingerprint density at radius 1 is 0.850 bits per heavy atom. The van der Waals surface area contributed by atoms with Gasteiger partial charge in [-0.25, -0.2) is 10.2 Å². The van der Waals surface area contributed by atoms with Gasteiger partial charge in [-0.2, -0.15) is 5.10 Å². The molecule has 0 unspecified atom stereocenters. The van der Waals surface area contributed by atoms with Crippen LogP contribution in [0.1, 0.15) is 49.1 Å². The van der Waals surface area contributed by atoms with Crippen LogP contribution in [0.25, 0.3) is 0 Å². The van der Waals surface area contributed by atoms with Crippen LogP contribution in [0.5, 0.6) is 11.5 Å². The first-order valence-electron chi connectivity index (χ1n) is 12.4. The molecule has 4 aromatic rings. The summed E-state index contributed by atoms with van der Waals surface area (Å²) in [6.07, 6.45) is 1.43. The quantitative estimate of drug-likeness (QED) is 0.109. The topological polar surface area (TPSA) is 106 Å². The number of carbonyl (C=O) groups excluding carboxylic acids is 3. The first-order chi connectivity index (χ1) is 19.3. The van der Waals surface area contributed by atoms with E-state index < -0.39 is 11.9 Å². The van der Waals surface area contributed by atoms with E-state index in [4.69, 9.17) is 21.1 Å². The number of rotatable bonds is 9. The number of ether oxygens (including phenoxy) is 2. The number of anilines is 1. The monoisotopic (exact) mass is 555 g/mol. The lowest BCUT2D eigenvalue weighted by atomic mass is 10.1. The Labute approximate surface area is 236 Å². The van der Waals surface area contributed by atoms with Crippen molar-refractivity contribution in [2.24, 2.45) is 5.10 Å². The lowest BCUT2D eigenvalue weighted by molar-refractivity contribution is 0.0727. The Morgan fingerprint density at radius 2 is 1.62 bits per heavy atom. The minimum atomic E-state index is -0.517. The van der Waals surface area contributed by atoms with Crippen molar-refractivity contribution in [2.75, 3.05) is 11.9 Å². The van der Waals surface area contributed by atoms with Gasteiger partial charge in [0.2, 0.25) is 0 Å². The molecule has 0 radical (unpaired) electrons. The Kier molecular flexibility index (Phi) is 9.27. The summed E-state index contributed by atoms with van der Waals surface area (Å²) in [4.78, 5) is 38.1. The average molecular weight is 556 g/mol. The number of hydrogen-bond donors (Lipinski definition) is 2. The molecule has 40 heavy (non-hydrogen) atoms. The van der Waals surface area contributed by atoms with Gasteiger partial charge in [-0.3, -0.25) is 9.59 Å². The second-order valence-electron chi connectivity index (χ2n) is 8.60. The predicted octanol–water partition coefficient (Wildman–Crippen LogP) is 6.28. The number of aryl methyl sites for hydroxylation is 1. The summed E-state index contributed by atoms with van der Waals surface area (Å²) < 4.78 is 11.2. The van der Waals surface area contributed by atoms with E-state index in [0.717, 1.165) is 5.56 Å². The highest BCUT2D eigenvalue weighted by Gasteiger charge is 2.15. The molecule has 0 aromatic heterocycles. The molecule has 0 bridgehead atoms. The smallest absolute Gasteiger partial charge is 0.343 e. The predicted molar refractivity (Wildman–Crippen MR) is 155 cm³/mol. The van der Waals surface area contributed by atoms with E-state index in [-0.39, 0.29) is 17.2 Å². The molecule has 0 atom stereocenters. The van der Waals surface area contributed by atoms with Gasteiger partial charge in [0.25, 0.3) is 11.8 Å². The number of hydrogen-bond acceptors (Lipinski definition) is 6. The summed E-state index contributed by atoms with van der Waals surface area (Å²) in [5.74, 6) is -0.779. The van der Waals surface area contributed by atoms with Gasteiger partial charge in [0, 0.05) is 10.6 Å². The minimum Gasteiger partial charge on any atom is -0.490 e. The molecule has 0 aliphatic heterocycles. The number of carbonyl (C=O) groups is 3. The highest BCUT2D eigenvalue weighted by Crippen LogP contribution is 2.29. The van der Waals surface area contributed by atoms with Crippen LogP contribution >= 0.6 is 11.6 Å². The molecule has 0 heterocycles. The summed E-state index contributed by atoms with van der Waals surface area (Å²) >= 11 is 5.89. The summed E-state index contributed by atoms with van der Waals surface area (Å²) in [6, 6.07) is 25.0. The van der Waals surface area contributed by atoms with Crippen LogP contribution < -0.4 is 20.2 Å². The van der Waals surface area contributed by atoms with Crippen molar-refractivity contribution in [2.45, 2.75) is 13.8 Å². The summed E-state index contributed by atoms with van der Waals surface area (Å²) in [6.45, 7) is 4.06. The van der Waals surface area contributed by atoms with Crippen LogP contribution in [0.3, 0.4) is 0 Å². The van der Waals surface area contributed by atoms with Crippen molar-refractivity contribution in [3.63, 3.8) is 0 Å². The molecule has 2 amide bonds. The van der Waals surface area contributed by atoms with Crippen molar-refractivity contribution >= 4 is 41.3 Å². The van der Waals surface area contributed by atoms with Crippen LogP contribution in [-0.4, -0.2) is 30.6 Å². The lowest BCUT2D eigenvalue weighted by Crippen LogP contribution is -2.21. The van der Waals surface area contributed by atoms with Crippen LogP contribution in [0.2, 0.25) is 5.02 Å². The standard InChI is InChI=1S/C31H26ClN3O5/c1-3-39-28-18-21(11-16-27(28)40-31(38)23-8-6-7-20(2)17-23)19-33-35-30(37)25-9-4-5-10-26(25)34-29(36)22-12-14-24(32)15-13-22/h4-19H,3H2,1-2H3,(H,34,36)(H,35,37)/b33-19-. The third-order valence-electron chi connectivity index (χ3n) is 5.63. The van der Waals surface area contributed by atoms with Gasteiger partial charge in [-0.05, 0) is 86.1 Å². The average Bonchev–Trinajstić information content (AvgIpc) is 2.95. The van der Waals surface area contributed by atoms with E-state index in [0.29, 0.717) is 39.8 Å². The number of nitrogens with zero attached hydrogens (tertiary/aromatic N) is 1. The van der Waals surface area contributed by atoms with Crippen LogP contribution in [0, 0.1) is 6.92 Å². The van der Waals surface area contributed by atoms with Crippen LogP contribution in [0.4, 0.5) is 5.69 Å². The van der Waals surface area contributed by atoms with Gasteiger partial charge in [0.05, 0.1) is 29.6 Å². The molecule has 4 rings (SSSR count). The van der Waals surface area contributed by atoms with Gasteiger partial charge in [-0.1, -0.05) is 41.4 Å². The molecule has 4 aromatic carbocycles. The first kappa shape index (κ1) is 28.1. The van der Waals surface area contributed by atoms with Crippen molar-refractivity contribution in [3.05, 3.63) is 124 Å². The van der Waals surface area contributed by atoms with Gasteiger partial charge >= 0.3 is 5.97 Å². The lowest BCUT2D eigenvalue weighted by Gasteiger charge is -2.12. The SMILES string of the molecule is CCOc1cc(/C=N\NC(=O)c2ccccc2NC(=O)c2ccc(Cl)cc2)ccc1OC(=O)c1cccc(C)c1. The molecule has 2 N–H and O–H groups in total. The number of para-hydroxylation sites is 1. The Hall–Kier alpha value is -4.95. The Balaban J connectivity index is 1.43. The summed E-state index contributed by atoms with van der Waals surface area (Å²) in [5, 5.41) is 7.29. The second kappa shape index (κ2) is 13.2. The van der Waals surface area contributed by atoms with E-state index in [9.17, 15) is 14.4 Å². The third kappa shape index (κ3) is 7.33. The highest BCUT2D eigenvalue weighted by molar-refractivity contribution is 6.30. The number of benzene rings is 4. The molecule has 0 spiro atoms. The maximum absolute atomic E-state index is 12.8. The van der Waals surface area contributed by atoms with Gasteiger partial charge in [0.1, 0.15) is 0 Å². The van der Waals surface area contributed by atoms with E-state index in [1.807, 2.05) is 19.9 Å². The fourth-order valence-corrected chi connectivity index (χ4v) is 3.83. The zero-order valence-corrected chi connectivity index (χ0v) is 22.6. The third-order valence-corrected chi connectivity index (χ3v) is 5.88. The largest absolute Gasteiger partial charge is 0.490 e. The molecule has 9 heteroatoms. The molecule has 0 aliphatic carbocycles. The zero-order chi connectivity index (χ0) is 28.5. The van der Waals surface area contributed by atoms with E-state index in [1.54, 1.807) is 84.9 Å². The van der Waals surface area contributed by atoms with Crippen molar-refractivity contribution in [1.82, 2.24) is 5.43 Å². The van der Waals surface area contributed by atoms with Gasteiger partial charge in [0.15, 0.2) is 11.5 Å². The molecular weight excluding hydrogens is 530 g/mol. The minimum absolute atomic E-state index is 0.232. The van der Waals surface area contributed by atoms with E-state index in [2.05, 4.69) is 15.8 Å². The van der Waals surface area contributed by atoms with Crippen LogP contribution in [-0.2, 0) is 0 Å². The molecular formula is C31H26ClN3O5. The number of hydrazone groups is 1. The van der Waals surface area contributed by atoms with E-state index >= 15 is 0 Å². The maximum atomic E-state index is 12.8. The second-order valence-corrected chi connectivity index (χ2v) is 9.04. The fraction of sp³-hybridized carbons (Fsp3) is 0.0968. The van der Waals surface area contributed by atoms with Gasteiger partial charge < -0.3 is 14.8 Å². The molecule has 202 valence electrons. The van der Waals surface area contributed by atoms with E-state index in [1.165, 1.54) is 6.21 Å². The number of amides is 2. The molecule has 8 nitrogen and oxygen atoms in total. The van der Waals surface area contributed by atoms with Crippen molar-refractivity contribution in [1.29, 1.82) is 0 Å². The number of halogens is 1. The number of esters is 1. The fourth-order valence-electron chi connectivity index (χ4n) is 3.70. The molecule has 0 saturated heterocycles. The van der Waals surface area contributed by atoms with Crippen molar-refractivity contribution < 1.29 is 23.9 Å². The zero-order valence-electron chi connectivity index (χ0n) is 21.8. The molecule has 0 saturated carbocycles. The highest BCUT2D eigenvalue weighted by atomic mass is 35.5. The van der Waals surface area contributed by atoms with Crippen molar-refractivity contribution in [3.8, 4) is 11.5 Å². The van der Waals surface area contributed by atoms with Crippen LogP contribution in [0.15, 0.2) is 96.1 Å². The molecule has 0 fully saturated rings. The Bertz CT molecular complexity index is 1570. The number of nitrogens with one attached hydrogen (secondary N) is 2. The Morgan fingerprint density at radius 3 is 2.38 bits per heavy atom. The normalized spacial score (nSPS) is 10.7. The maximum Gasteiger partial charge on any atom is 0.343 e. The first-order valence-corrected chi connectivity index (χ1v) is 12.8. The molecule has 0 aliphatic rings. The summed E-state index contributed by atoms with van der Waals surface area (Å²) in [7, 11) is 0.